The maximum Gasteiger partial charge on any atom is 0.409 e. The van der Waals surface area contributed by atoms with E-state index in [2.05, 4.69) is 5.32 Å². The Bertz CT molecular complexity index is 1070. The zero-order valence-electron chi connectivity index (χ0n) is 18.0. The van der Waals surface area contributed by atoms with Crippen molar-refractivity contribution in [3.63, 3.8) is 0 Å². The number of alkyl halides is 3. The normalized spacial score (nSPS) is 16.7. The lowest BCUT2D eigenvalue weighted by Crippen LogP contribution is -2.50. The first-order valence-corrected chi connectivity index (χ1v) is 10.8. The summed E-state index contributed by atoms with van der Waals surface area (Å²) in [5.41, 5.74) is 2.77. The van der Waals surface area contributed by atoms with Crippen molar-refractivity contribution in [2.24, 2.45) is 0 Å². The molecule has 2 amide bonds. The molecule has 0 aliphatic heterocycles. The van der Waals surface area contributed by atoms with Crippen LogP contribution in [-0.2, 0) is 14.3 Å². The van der Waals surface area contributed by atoms with Crippen molar-refractivity contribution in [1.29, 1.82) is 0 Å². The quantitative estimate of drug-likeness (QED) is 0.535. The maximum absolute atomic E-state index is 13.5. The molecule has 2 aliphatic rings. The predicted molar refractivity (Wildman–Crippen MR) is 115 cm³/mol. The fourth-order valence-corrected chi connectivity index (χ4v) is 4.35. The van der Waals surface area contributed by atoms with Gasteiger partial charge in [-0.05, 0) is 35.1 Å². The molecule has 0 heterocycles. The van der Waals surface area contributed by atoms with Crippen LogP contribution >= 0.6 is 0 Å². The molecule has 0 radical (unpaired) electrons. The Hall–Kier alpha value is -3.56. The van der Waals surface area contributed by atoms with Gasteiger partial charge in [0, 0.05) is 5.92 Å². The molecule has 1 unspecified atom stereocenters. The third-order valence-corrected chi connectivity index (χ3v) is 6.17. The van der Waals surface area contributed by atoms with Gasteiger partial charge in [-0.15, -0.1) is 0 Å². The highest BCUT2D eigenvalue weighted by atomic mass is 19.4. The number of ether oxygens (including phenoxy) is 1. The standard InChI is InChI=1S/C24H23F3N2O5/c25-24(26,27)19(11-20(30)29-23(9-10-23)12-21(31)32)28-22(33)34-13-18-16-7-3-1-5-14(16)15-6-2-4-8-17(15)18/h1-8,18-19H,9-13H2,(H,28,33)(H,29,30)(H,31,32). The zero-order valence-corrected chi connectivity index (χ0v) is 18.0. The van der Waals surface area contributed by atoms with Crippen molar-refractivity contribution in [2.75, 3.05) is 6.61 Å². The highest BCUT2D eigenvalue weighted by Crippen LogP contribution is 2.44. The number of aliphatic carboxylic acids is 1. The minimum Gasteiger partial charge on any atom is -0.481 e. The average Bonchev–Trinajstić information content (AvgIpc) is 3.42. The fourth-order valence-electron chi connectivity index (χ4n) is 4.35. The van der Waals surface area contributed by atoms with Crippen molar-refractivity contribution < 1.29 is 37.4 Å². The smallest absolute Gasteiger partial charge is 0.409 e. The van der Waals surface area contributed by atoms with Gasteiger partial charge in [-0.1, -0.05) is 48.5 Å². The summed E-state index contributed by atoms with van der Waals surface area (Å²) in [5, 5.41) is 13.0. The third kappa shape index (κ3) is 5.16. The molecule has 0 bridgehead atoms. The number of benzene rings is 2. The van der Waals surface area contributed by atoms with Crippen LogP contribution in [0.25, 0.3) is 11.1 Å². The summed E-state index contributed by atoms with van der Waals surface area (Å²) < 4.78 is 45.6. The molecule has 1 atom stereocenters. The Balaban J connectivity index is 1.38. The highest BCUT2D eigenvalue weighted by molar-refractivity contribution is 5.81. The van der Waals surface area contributed by atoms with E-state index in [0.29, 0.717) is 12.8 Å². The summed E-state index contributed by atoms with van der Waals surface area (Å²) in [5.74, 6) is -2.46. The number of nitrogens with one attached hydrogen (secondary N) is 2. The third-order valence-electron chi connectivity index (χ3n) is 6.17. The number of carbonyl (C=O) groups is 3. The van der Waals surface area contributed by atoms with Crippen LogP contribution in [0.2, 0.25) is 0 Å². The molecule has 3 N–H and O–H groups in total. The van der Waals surface area contributed by atoms with E-state index < -0.39 is 42.1 Å². The van der Waals surface area contributed by atoms with Gasteiger partial charge in [-0.25, -0.2) is 4.79 Å². The Morgan fingerprint density at radius 2 is 1.59 bits per heavy atom. The van der Waals surface area contributed by atoms with Gasteiger partial charge >= 0.3 is 18.2 Å². The van der Waals surface area contributed by atoms with Crippen LogP contribution in [-0.4, -0.2) is 47.4 Å². The molecular weight excluding hydrogens is 453 g/mol. The Kier molecular flexibility index (Phi) is 6.24. The number of carboxylic acid groups (broad SMARTS) is 1. The number of alkyl carbamates (subject to hydrolysis) is 1. The number of rotatable bonds is 8. The Morgan fingerprint density at radius 3 is 2.09 bits per heavy atom. The van der Waals surface area contributed by atoms with E-state index in [-0.39, 0.29) is 18.9 Å². The molecule has 7 nitrogen and oxygen atoms in total. The molecule has 10 heteroatoms. The molecule has 34 heavy (non-hydrogen) atoms. The molecule has 1 fully saturated rings. The van der Waals surface area contributed by atoms with E-state index >= 15 is 0 Å². The first-order chi connectivity index (χ1) is 16.1. The SMILES string of the molecule is O=C(O)CC1(NC(=O)CC(NC(=O)OCC2c3ccccc3-c3ccccc32)C(F)(F)F)CC1. The van der Waals surface area contributed by atoms with Gasteiger partial charge in [-0.3, -0.25) is 9.59 Å². The number of halogens is 3. The van der Waals surface area contributed by atoms with Gasteiger partial charge < -0.3 is 20.5 Å². The first-order valence-electron chi connectivity index (χ1n) is 10.8. The lowest BCUT2D eigenvalue weighted by Gasteiger charge is -2.23. The van der Waals surface area contributed by atoms with Crippen LogP contribution in [0.3, 0.4) is 0 Å². The second-order valence-electron chi connectivity index (χ2n) is 8.67. The molecule has 1 saturated carbocycles. The van der Waals surface area contributed by atoms with E-state index in [4.69, 9.17) is 9.84 Å². The number of amides is 2. The lowest BCUT2D eigenvalue weighted by molar-refractivity contribution is -0.160. The minimum atomic E-state index is -4.90. The topological polar surface area (TPSA) is 105 Å². The van der Waals surface area contributed by atoms with Gasteiger partial charge in [0.1, 0.15) is 12.6 Å². The van der Waals surface area contributed by atoms with Crippen LogP contribution in [0.4, 0.5) is 18.0 Å². The highest BCUT2D eigenvalue weighted by Gasteiger charge is 2.48. The molecule has 0 spiro atoms. The monoisotopic (exact) mass is 476 g/mol. The van der Waals surface area contributed by atoms with Crippen LogP contribution < -0.4 is 10.6 Å². The van der Waals surface area contributed by atoms with Gasteiger partial charge in [0.2, 0.25) is 5.91 Å². The van der Waals surface area contributed by atoms with Crippen LogP contribution in [0.1, 0.15) is 42.7 Å². The van der Waals surface area contributed by atoms with Crippen molar-refractivity contribution in [2.45, 2.75) is 49.4 Å². The molecule has 2 aliphatic carbocycles. The van der Waals surface area contributed by atoms with E-state index in [1.807, 2.05) is 48.5 Å². The summed E-state index contributed by atoms with van der Waals surface area (Å²) >= 11 is 0. The molecule has 180 valence electrons. The summed E-state index contributed by atoms with van der Waals surface area (Å²) in [6.45, 7) is -0.168. The average molecular weight is 476 g/mol. The molecule has 0 aromatic heterocycles. The van der Waals surface area contributed by atoms with E-state index in [1.165, 1.54) is 0 Å². The van der Waals surface area contributed by atoms with Gasteiger partial charge in [0.15, 0.2) is 0 Å². The second kappa shape index (κ2) is 9.00. The molecule has 4 rings (SSSR count). The summed E-state index contributed by atoms with van der Waals surface area (Å²) in [6.07, 6.45) is -6.87. The van der Waals surface area contributed by atoms with Crippen molar-refractivity contribution in [3.8, 4) is 11.1 Å². The van der Waals surface area contributed by atoms with Crippen LogP contribution in [0, 0.1) is 0 Å². The van der Waals surface area contributed by atoms with Crippen molar-refractivity contribution in [3.05, 3.63) is 59.7 Å². The van der Waals surface area contributed by atoms with Gasteiger partial charge in [0.25, 0.3) is 0 Å². The number of fused-ring (bicyclic) bond motifs is 3. The summed E-state index contributed by atoms with van der Waals surface area (Å²) in [7, 11) is 0. The number of hydrogen-bond donors (Lipinski definition) is 3. The maximum atomic E-state index is 13.5. The molecule has 2 aromatic carbocycles. The van der Waals surface area contributed by atoms with E-state index in [9.17, 15) is 27.6 Å². The molecule has 2 aromatic rings. The summed E-state index contributed by atoms with van der Waals surface area (Å²) in [6, 6.07) is 12.6. The molecule has 0 saturated heterocycles. The zero-order chi connectivity index (χ0) is 24.5. The Labute approximate surface area is 193 Å². The summed E-state index contributed by atoms with van der Waals surface area (Å²) in [4.78, 5) is 35.3. The van der Waals surface area contributed by atoms with E-state index in [0.717, 1.165) is 22.3 Å². The number of hydrogen-bond acceptors (Lipinski definition) is 4. The lowest BCUT2D eigenvalue weighted by atomic mass is 9.98. The van der Waals surface area contributed by atoms with Crippen LogP contribution in [0.5, 0.6) is 0 Å². The van der Waals surface area contributed by atoms with Gasteiger partial charge in [-0.2, -0.15) is 13.2 Å². The largest absolute Gasteiger partial charge is 0.481 e. The molecular formula is C24H23F3N2O5. The minimum absolute atomic E-state index is 0.168. The van der Waals surface area contributed by atoms with Crippen molar-refractivity contribution >= 4 is 18.0 Å². The first kappa shape index (κ1) is 23.6. The predicted octanol–water partition coefficient (Wildman–Crippen LogP) is 3.97. The van der Waals surface area contributed by atoms with Crippen LogP contribution in [0.15, 0.2) is 48.5 Å². The second-order valence-corrected chi connectivity index (χ2v) is 8.67. The number of carboxylic acids is 1. The van der Waals surface area contributed by atoms with Crippen molar-refractivity contribution in [1.82, 2.24) is 10.6 Å². The Morgan fingerprint density at radius 1 is 1.03 bits per heavy atom. The van der Waals surface area contributed by atoms with E-state index in [1.54, 1.807) is 5.32 Å². The fraction of sp³-hybridized carbons (Fsp3) is 0.375. The van der Waals surface area contributed by atoms with Gasteiger partial charge in [0.05, 0.1) is 18.4 Å². The number of carbonyl (C=O) groups excluding carboxylic acids is 2.